The largest absolute Gasteiger partial charge is 0.325 e. The van der Waals surface area contributed by atoms with Crippen molar-refractivity contribution in [2.24, 2.45) is 11.7 Å². The van der Waals surface area contributed by atoms with Crippen molar-refractivity contribution in [3.63, 3.8) is 0 Å². The van der Waals surface area contributed by atoms with Crippen LogP contribution in [-0.2, 0) is 12.8 Å². The molecule has 2 unspecified atom stereocenters. The van der Waals surface area contributed by atoms with E-state index in [1.54, 1.807) is 22.7 Å². The maximum absolute atomic E-state index is 6.77. The summed E-state index contributed by atoms with van der Waals surface area (Å²) in [6.07, 6.45) is 11.0. The molecule has 1 aliphatic rings. The highest BCUT2D eigenvalue weighted by Crippen LogP contribution is 2.37. The minimum Gasteiger partial charge on any atom is -0.325 e. The molecule has 1 aliphatic carbocycles. The molecule has 2 N–H and O–H groups in total. The lowest BCUT2D eigenvalue weighted by molar-refractivity contribution is 0.188. The highest BCUT2D eigenvalue weighted by molar-refractivity contribution is 7.09. The van der Waals surface area contributed by atoms with E-state index in [-0.39, 0.29) is 5.54 Å². The van der Waals surface area contributed by atoms with E-state index in [1.165, 1.54) is 29.0 Å². The van der Waals surface area contributed by atoms with Gasteiger partial charge in [0.05, 0.1) is 11.0 Å². The maximum atomic E-state index is 6.77. The minimum atomic E-state index is -0.0607. The molecule has 3 nitrogen and oxygen atoms in total. The van der Waals surface area contributed by atoms with Gasteiger partial charge in [-0.3, -0.25) is 9.97 Å². The molecule has 0 aliphatic heterocycles. The Bertz CT molecular complexity index is 495. The van der Waals surface area contributed by atoms with Gasteiger partial charge in [0.1, 0.15) is 0 Å². The molecule has 0 radical (unpaired) electrons. The fourth-order valence-corrected chi connectivity index (χ4v) is 4.52. The first-order valence-corrected chi connectivity index (χ1v) is 8.56. The van der Waals surface area contributed by atoms with Crippen LogP contribution in [-0.4, -0.2) is 15.5 Å². The predicted molar refractivity (Wildman–Crippen MR) is 80.5 cm³/mol. The molecule has 0 amide bonds. The lowest BCUT2D eigenvalue weighted by atomic mass is 9.70. The fraction of sp³-hybridized carbons (Fsp3) is 0.571. The van der Waals surface area contributed by atoms with Gasteiger partial charge in [-0.15, -0.1) is 22.7 Å². The predicted octanol–water partition coefficient (Wildman–Crippen LogP) is 3.27. The molecule has 3 rings (SSSR count). The Labute approximate surface area is 121 Å². The molecule has 19 heavy (non-hydrogen) atoms. The molecule has 0 saturated heterocycles. The van der Waals surface area contributed by atoms with Crippen LogP contribution in [0, 0.1) is 5.92 Å². The molecule has 2 aromatic rings. The van der Waals surface area contributed by atoms with Gasteiger partial charge >= 0.3 is 0 Å². The van der Waals surface area contributed by atoms with Gasteiger partial charge < -0.3 is 5.73 Å². The highest BCUT2D eigenvalue weighted by atomic mass is 32.1. The Morgan fingerprint density at radius 3 is 2.58 bits per heavy atom. The van der Waals surface area contributed by atoms with Crippen LogP contribution in [0.5, 0.6) is 0 Å². The number of hydrogen-bond donors (Lipinski definition) is 1. The first-order chi connectivity index (χ1) is 9.26. The summed E-state index contributed by atoms with van der Waals surface area (Å²) >= 11 is 3.47. The van der Waals surface area contributed by atoms with Gasteiger partial charge in [0.15, 0.2) is 0 Å². The first kappa shape index (κ1) is 13.2. The number of rotatable bonds is 4. The van der Waals surface area contributed by atoms with Crippen LogP contribution >= 0.6 is 22.7 Å². The van der Waals surface area contributed by atoms with Crippen molar-refractivity contribution in [2.75, 3.05) is 0 Å². The van der Waals surface area contributed by atoms with E-state index in [0.717, 1.165) is 19.3 Å². The molecule has 1 fully saturated rings. The zero-order valence-corrected chi connectivity index (χ0v) is 12.6. The van der Waals surface area contributed by atoms with E-state index in [2.05, 4.69) is 9.97 Å². The van der Waals surface area contributed by atoms with Crippen molar-refractivity contribution in [2.45, 2.75) is 44.1 Å². The van der Waals surface area contributed by atoms with Crippen LogP contribution in [0.4, 0.5) is 0 Å². The average molecular weight is 293 g/mol. The summed E-state index contributed by atoms with van der Waals surface area (Å²) < 4.78 is 0. The van der Waals surface area contributed by atoms with Crippen molar-refractivity contribution < 1.29 is 0 Å². The van der Waals surface area contributed by atoms with Crippen molar-refractivity contribution in [3.05, 3.63) is 33.2 Å². The SMILES string of the molecule is NC1(Cc2cncs2)CCCCC1Cc1cncs1. The van der Waals surface area contributed by atoms with Crippen LogP contribution in [0.3, 0.4) is 0 Å². The molecular formula is C14H19N3S2. The molecule has 2 atom stereocenters. The second kappa shape index (κ2) is 5.69. The van der Waals surface area contributed by atoms with Crippen LogP contribution in [0.15, 0.2) is 23.4 Å². The molecule has 102 valence electrons. The Hall–Kier alpha value is -0.780. The first-order valence-electron chi connectivity index (χ1n) is 6.80. The molecule has 2 aromatic heterocycles. The van der Waals surface area contributed by atoms with Gasteiger partial charge in [-0.2, -0.15) is 0 Å². The van der Waals surface area contributed by atoms with Gasteiger partial charge in [0.2, 0.25) is 0 Å². The van der Waals surface area contributed by atoms with E-state index in [4.69, 9.17) is 5.73 Å². The summed E-state index contributed by atoms with van der Waals surface area (Å²) in [5, 5.41) is 0. The van der Waals surface area contributed by atoms with E-state index in [0.29, 0.717) is 5.92 Å². The normalized spacial score (nSPS) is 27.5. The summed E-state index contributed by atoms with van der Waals surface area (Å²) in [5.41, 5.74) is 10.5. The van der Waals surface area contributed by atoms with Crippen LogP contribution in [0.25, 0.3) is 0 Å². The Balaban J connectivity index is 1.75. The van der Waals surface area contributed by atoms with Crippen LogP contribution in [0.2, 0.25) is 0 Å². The monoisotopic (exact) mass is 293 g/mol. The summed E-state index contributed by atoms with van der Waals surface area (Å²) in [4.78, 5) is 11.0. The summed E-state index contributed by atoms with van der Waals surface area (Å²) in [7, 11) is 0. The Kier molecular flexibility index (Phi) is 3.96. The second-order valence-corrected chi connectivity index (χ2v) is 7.43. The molecule has 5 heteroatoms. The van der Waals surface area contributed by atoms with E-state index < -0.39 is 0 Å². The third kappa shape index (κ3) is 3.04. The van der Waals surface area contributed by atoms with Crippen molar-refractivity contribution >= 4 is 22.7 Å². The van der Waals surface area contributed by atoms with Crippen molar-refractivity contribution in [3.8, 4) is 0 Å². The quantitative estimate of drug-likeness (QED) is 0.941. The molecule has 0 aromatic carbocycles. The van der Waals surface area contributed by atoms with Gasteiger partial charge in [-0.05, 0) is 25.2 Å². The standard InChI is InChI=1S/C14H19N3S2/c15-14(6-13-8-17-10-19-13)4-2-1-3-11(14)5-12-7-16-9-18-12/h7-11H,1-6,15H2. The summed E-state index contributed by atoms with van der Waals surface area (Å²) in [5.74, 6) is 0.573. The third-order valence-electron chi connectivity index (χ3n) is 4.18. The second-order valence-electron chi connectivity index (χ2n) is 5.49. The molecular weight excluding hydrogens is 274 g/mol. The van der Waals surface area contributed by atoms with Gasteiger partial charge in [0.25, 0.3) is 0 Å². The smallest absolute Gasteiger partial charge is 0.0794 e. The Morgan fingerprint density at radius 2 is 1.89 bits per heavy atom. The highest BCUT2D eigenvalue weighted by Gasteiger charge is 2.37. The molecule has 0 spiro atoms. The van der Waals surface area contributed by atoms with E-state index in [1.807, 2.05) is 23.4 Å². The lowest BCUT2D eigenvalue weighted by Crippen LogP contribution is -2.51. The van der Waals surface area contributed by atoms with Crippen molar-refractivity contribution in [1.82, 2.24) is 9.97 Å². The summed E-state index contributed by atoms with van der Waals surface area (Å²) in [6, 6.07) is 0. The number of thiazole rings is 2. The zero-order valence-electron chi connectivity index (χ0n) is 10.9. The van der Waals surface area contributed by atoms with Gasteiger partial charge in [-0.1, -0.05) is 12.8 Å². The van der Waals surface area contributed by atoms with Crippen LogP contribution < -0.4 is 5.73 Å². The molecule has 0 bridgehead atoms. The topological polar surface area (TPSA) is 51.8 Å². The zero-order chi connectivity index (χ0) is 13.1. The van der Waals surface area contributed by atoms with E-state index >= 15 is 0 Å². The maximum Gasteiger partial charge on any atom is 0.0794 e. The van der Waals surface area contributed by atoms with Gasteiger partial charge in [0, 0.05) is 34.1 Å². The van der Waals surface area contributed by atoms with Crippen LogP contribution in [0.1, 0.15) is 35.4 Å². The number of hydrogen-bond acceptors (Lipinski definition) is 5. The minimum absolute atomic E-state index is 0.0607. The summed E-state index contributed by atoms with van der Waals surface area (Å²) in [6.45, 7) is 0. The third-order valence-corrected chi connectivity index (χ3v) is 5.76. The average Bonchev–Trinajstić information content (AvgIpc) is 3.05. The fourth-order valence-electron chi connectivity index (χ4n) is 3.11. The number of nitrogens with zero attached hydrogens (tertiary/aromatic N) is 2. The van der Waals surface area contributed by atoms with E-state index in [9.17, 15) is 0 Å². The van der Waals surface area contributed by atoms with Crippen molar-refractivity contribution in [1.29, 1.82) is 0 Å². The molecule has 2 heterocycles. The Morgan fingerprint density at radius 1 is 1.16 bits per heavy atom. The number of aromatic nitrogens is 2. The number of nitrogens with two attached hydrogens (primary N) is 1. The lowest BCUT2D eigenvalue weighted by Gasteiger charge is -2.41. The molecule has 1 saturated carbocycles. The van der Waals surface area contributed by atoms with Gasteiger partial charge in [-0.25, -0.2) is 0 Å².